The Kier molecular flexibility index (Phi) is 3.66. The monoisotopic (exact) mass is 265 g/mol. The first kappa shape index (κ1) is 13.1. The summed E-state index contributed by atoms with van der Waals surface area (Å²) in [6.07, 6.45) is 4.25. The summed E-state index contributed by atoms with van der Waals surface area (Å²) in [4.78, 5) is 6.92. The van der Waals surface area contributed by atoms with Crippen LogP contribution in [0, 0.1) is 11.3 Å². The van der Waals surface area contributed by atoms with Crippen LogP contribution >= 0.6 is 0 Å². The summed E-state index contributed by atoms with van der Waals surface area (Å²) < 4.78 is 0. The van der Waals surface area contributed by atoms with Crippen LogP contribution in [-0.2, 0) is 0 Å². The van der Waals surface area contributed by atoms with E-state index >= 15 is 0 Å². The van der Waals surface area contributed by atoms with Crippen LogP contribution in [0.15, 0.2) is 30.5 Å². The number of likely N-dealkylation sites (N-methyl/N-ethyl adjacent to an activating group) is 1. The van der Waals surface area contributed by atoms with Gasteiger partial charge >= 0.3 is 0 Å². The maximum absolute atomic E-state index is 9.22. The fourth-order valence-corrected chi connectivity index (χ4v) is 3.24. The van der Waals surface area contributed by atoms with E-state index in [4.69, 9.17) is 0 Å². The number of aromatic nitrogens is 1. The smallest absolute Gasteiger partial charge is 0.101 e. The van der Waals surface area contributed by atoms with E-state index in [0.717, 1.165) is 24.0 Å². The number of pyridine rings is 1. The lowest BCUT2D eigenvalue weighted by Gasteiger charge is -2.32. The van der Waals surface area contributed by atoms with E-state index in [2.05, 4.69) is 35.0 Å². The van der Waals surface area contributed by atoms with Crippen LogP contribution in [0.2, 0.25) is 0 Å². The average molecular weight is 265 g/mol. The summed E-state index contributed by atoms with van der Waals surface area (Å²) in [7, 11) is 0. The zero-order valence-electron chi connectivity index (χ0n) is 11.8. The normalized spacial score (nSPS) is 19.9. The van der Waals surface area contributed by atoms with Crippen LogP contribution in [0.5, 0.6) is 0 Å². The lowest BCUT2D eigenvalue weighted by molar-refractivity contribution is 0.218. The molecule has 0 N–H and O–H groups in total. The van der Waals surface area contributed by atoms with Crippen molar-refractivity contribution in [2.75, 3.05) is 19.6 Å². The van der Waals surface area contributed by atoms with Crippen LogP contribution in [0.3, 0.4) is 0 Å². The Labute approximate surface area is 119 Å². The van der Waals surface area contributed by atoms with Crippen LogP contribution in [0.1, 0.15) is 36.8 Å². The predicted molar refractivity (Wildman–Crippen MR) is 80.5 cm³/mol. The lowest BCUT2D eigenvalue weighted by atomic mass is 9.87. The number of nitrogens with zero attached hydrogens (tertiary/aromatic N) is 3. The third-order valence-electron chi connectivity index (χ3n) is 4.32. The van der Waals surface area contributed by atoms with E-state index in [-0.39, 0.29) is 0 Å². The number of hydrogen-bond acceptors (Lipinski definition) is 3. The molecule has 1 unspecified atom stereocenters. The van der Waals surface area contributed by atoms with Crippen molar-refractivity contribution in [3.05, 3.63) is 41.6 Å². The fraction of sp³-hybridized carbons (Fsp3) is 0.412. The summed E-state index contributed by atoms with van der Waals surface area (Å²) in [5, 5.41) is 10.4. The molecule has 0 bridgehead atoms. The lowest BCUT2D eigenvalue weighted by Crippen LogP contribution is -2.34. The number of rotatable bonds is 2. The van der Waals surface area contributed by atoms with Crippen molar-refractivity contribution in [3.63, 3.8) is 0 Å². The van der Waals surface area contributed by atoms with Gasteiger partial charge in [-0.1, -0.05) is 19.1 Å². The number of piperidine rings is 1. The fourth-order valence-electron chi connectivity index (χ4n) is 3.24. The minimum Gasteiger partial charge on any atom is -0.303 e. The van der Waals surface area contributed by atoms with Crippen LogP contribution < -0.4 is 0 Å². The Morgan fingerprint density at radius 2 is 2.30 bits per heavy atom. The number of benzene rings is 1. The summed E-state index contributed by atoms with van der Waals surface area (Å²) in [5.41, 5.74) is 2.87. The van der Waals surface area contributed by atoms with Gasteiger partial charge in [-0.25, -0.2) is 0 Å². The Hall–Kier alpha value is -1.92. The summed E-state index contributed by atoms with van der Waals surface area (Å²) in [6, 6.07) is 10.4. The van der Waals surface area contributed by atoms with E-state index in [1.165, 1.54) is 24.9 Å². The van der Waals surface area contributed by atoms with Crippen molar-refractivity contribution in [2.45, 2.75) is 25.7 Å². The maximum atomic E-state index is 9.22. The molecule has 2 heterocycles. The molecule has 3 nitrogen and oxygen atoms in total. The maximum Gasteiger partial charge on any atom is 0.101 e. The molecule has 0 aliphatic carbocycles. The van der Waals surface area contributed by atoms with Gasteiger partial charge in [-0.3, -0.25) is 4.98 Å². The molecule has 1 aromatic heterocycles. The largest absolute Gasteiger partial charge is 0.303 e. The minimum atomic E-state index is 0.558. The molecule has 3 rings (SSSR count). The van der Waals surface area contributed by atoms with Gasteiger partial charge in [0.05, 0.1) is 11.1 Å². The van der Waals surface area contributed by atoms with Gasteiger partial charge in [-0.05, 0) is 49.5 Å². The molecule has 0 saturated carbocycles. The molecule has 1 aliphatic rings. The molecule has 2 aromatic rings. The topological polar surface area (TPSA) is 39.9 Å². The first-order chi connectivity index (χ1) is 9.83. The van der Waals surface area contributed by atoms with Gasteiger partial charge in [0, 0.05) is 18.1 Å². The second-order valence-electron chi connectivity index (χ2n) is 5.45. The Morgan fingerprint density at radius 3 is 3.10 bits per heavy atom. The van der Waals surface area contributed by atoms with Crippen LogP contribution in [0.25, 0.3) is 10.9 Å². The van der Waals surface area contributed by atoms with Gasteiger partial charge in [0.1, 0.15) is 6.07 Å². The summed E-state index contributed by atoms with van der Waals surface area (Å²) >= 11 is 0. The number of fused-ring (bicyclic) bond motifs is 1. The van der Waals surface area contributed by atoms with E-state index in [1.807, 2.05) is 12.1 Å². The van der Waals surface area contributed by atoms with E-state index in [9.17, 15) is 5.26 Å². The Bertz CT molecular complexity index is 657. The van der Waals surface area contributed by atoms with Crippen molar-refractivity contribution in [2.24, 2.45) is 0 Å². The molecule has 1 fully saturated rings. The summed E-state index contributed by atoms with van der Waals surface area (Å²) in [6.45, 7) is 5.66. The molecular weight excluding hydrogens is 246 g/mol. The van der Waals surface area contributed by atoms with Crippen molar-refractivity contribution in [1.29, 1.82) is 5.26 Å². The molecule has 20 heavy (non-hydrogen) atoms. The quantitative estimate of drug-likeness (QED) is 0.836. The van der Waals surface area contributed by atoms with E-state index < -0.39 is 0 Å². The molecule has 0 amide bonds. The third kappa shape index (κ3) is 2.28. The van der Waals surface area contributed by atoms with Crippen molar-refractivity contribution in [3.8, 4) is 6.07 Å². The molecular formula is C17H19N3. The number of likely N-dealkylation sites (tertiary alicyclic amines) is 1. The molecule has 102 valence electrons. The zero-order chi connectivity index (χ0) is 13.9. The molecule has 1 aromatic carbocycles. The van der Waals surface area contributed by atoms with Gasteiger partial charge in [0.25, 0.3) is 0 Å². The average Bonchev–Trinajstić information content (AvgIpc) is 2.54. The minimum absolute atomic E-state index is 0.558. The SMILES string of the molecule is CCN1CCCC(c2ccc(C#N)c3ncccc23)C1. The Morgan fingerprint density at radius 1 is 1.40 bits per heavy atom. The first-order valence-corrected chi connectivity index (χ1v) is 7.33. The van der Waals surface area contributed by atoms with Gasteiger partial charge in [0.15, 0.2) is 0 Å². The molecule has 0 radical (unpaired) electrons. The molecule has 1 atom stereocenters. The highest BCUT2D eigenvalue weighted by atomic mass is 15.1. The highest BCUT2D eigenvalue weighted by Gasteiger charge is 2.22. The van der Waals surface area contributed by atoms with E-state index in [1.54, 1.807) is 6.20 Å². The van der Waals surface area contributed by atoms with Crippen molar-refractivity contribution >= 4 is 10.9 Å². The van der Waals surface area contributed by atoms with Crippen LogP contribution in [-0.4, -0.2) is 29.5 Å². The molecule has 0 spiro atoms. The highest BCUT2D eigenvalue weighted by Crippen LogP contribution is 2.32. The van der Waals surface area contributed by atoms with Gasteiger partial charge in [-0.2, -0.15) is 5.26 Å². The number of hydrogen-bond donors (Lipinski definition) is 0. The molecule has 1 aliphatic heterocycles. The zero-order valence-corrected chi connectivity index (χ0v) is 11.8. The molecule has 3 heteroatoms. The van der Waals surface area contributed by atoms with Crippen LogP contribution in [0.4, 0.5) is 0 Å². The third-order valence-corrected chi connectivity index (χ3v) is 4.32. The predicted octanol–water partition coefficient (Wildman–Crippen LogP) is 3.31. The summed E-state index contributed by atoms with van der Waals surface area (Å²) in [5.74, 6) is 0.558. The van der Waals surface area contributed by atoms with E-state index in [0.29, 0.717) is 11.5 Å². The van der Waals surface area contributed by atoms with Gasteiger partial charge in [-0.15, -0.1) is 0 Å². The van der Waals surface area contributed by atoms with Gasteiger partial charge in [0.2, 0.25) is 0 Å². The van der Waals surface area contributed by atoms with Crippen molar-refractivity contribution in [1.82, 2.24) is 9.88 Å². The van der Waals surface area contributed by atoms with Crippen molar-refractivity contribution < 1.29 is 0 Å². The Balaban J connectivity index is 2.06. The molecule has 1 saturated heterocycles. The standard InChI is InChI=1S/C17H19N3/c1-2-20-10-4-5-14(12-20)15-8-7-13(11-18)17-16(15)6-3-9-19-17/h3,6-9,14H,2,4-5,10,12H2,1H3. The second-order valence-corrected chi connectivity index (χ2v) is 5.45. The first-order valence-electron chi connectivity index (χ1n) is 7.33. The highest BCUT2D eigenvalue weighted by molar-refractivity contribution is 5.87. The second kappa shape index (κ2) is 5.60. The number of nitriles is 1. The van der Waals surface area contributed by atoms with Gasteiger partial charge < -0.3 is 4.90 Å².